The van der Waals surface area contributed by atoms with Crippen LogP contribution in [0.1, 0.15) is 19.4 Å². The molecule has 1 saturated heterocycles. The molecule has 6 heteroatoms. The molecule has 132 valence electrons. The lowest BCUT2D eigenvalue weighted by molar-refractivity contribution is -0.954. The highest BCUT2D eigenvalue weighted by molar-refractivity contribution is 9.10. The summed E-state index contributed by atoms with van der Waals surface area (Å²) < 4.78 is 11.7. The minimum absolute atomic E-state index is 0.0131. The maximum atomic E-state index is 12.1. The predicted molar refractivity (Wildman–Crippen MR) is 98.3 cm³/mol. The van der Waals surface area contributed by atoms with E-state index in [0.717, 1.165) is 42.1 Å². The zero-order valence-corrected chi connectivity index (χ0v) is 16.1. The van der Waals surface area contributed by atoms with Gasteiger partial charge in [0.05, 0.1) is 26.9 Å². The second-order valence-corrected chi connectivity index (χ2v) is 7.45. The Bertz CT molecular complexity index is 596. The number of benzene rings is 1. The average Bonchev–Trinajstić information content (AvgIpc) is 2.59. The van der Waals surface area contributed by atoms with Crippen LogP contribution in [0.4, 0.5) is 0 Å². The summed E-state index contributed by atoms with van der Waals surface area (Å²) in [5.74, 6) is 0.637. The standard InChI is InChI=1S/C18H25BrN2O3/c1-18(2,21-8-10-24-11-9-21)13-20-17(22)7-4-14-12-15(19)5-6-16(14)23-3/h4-7,12H,8-11,13H2,1-3H3,(H,20,22)/p+1/b7-4+. The number of amides is 1. The fourth-order valence-corrected chi connectivity index (χ4v) is 3.17. The van der Waals surface area contributed by atoms with Gasteiger partial charge in [-0.25, -0.2) is 0 Å². The number of carbonyl (C=O) groups is 1. The molecule has 24 heavy (non-hydrogen) atoms. The number of ether oxygens (including phenoxy) is 2. The normalized spacial score (nSPS) is 16.3. The molecule has 1 aromatic rings. The van der Waals surface area contributed by atoms with E-state index in [2.05, 4.69) is 35.1 Å². The topological polar surface area (TPSA) is 52.0 Å². The first-order chi connectivity index (χ1) is 11.4. The number of rotatable bonds is 6. The van der Waals surface area contributed by atoms with Crippen LogP contribution in [-0.2, 0) is 9.53 Å². The van der Waals surface area contributed by atoms with Crippen molar-refractivity contribution in [2.45, 2.75) is 19.4 Å². The largest absolute Gasteiger partial charge is 0.496 e. The van der Waals surface area contributed by atoms with Gasteiger partial charge < -0.3 is 19.7 Å². The van der Waals surface area contributed by atoms with Crippen molar-refractivity contribution in [1.82, 2.24) is 5.32 Å². The zero-order valence-electron chi connectivity index (χ0n) is 14.5. The van der Waals surface area contributed by atoms with E-state index < -0.39 is 0 Å². The molecule has 2 rings (SSSR count). The van der Waals surface area contributed by atoms with Gasteiger partial charge in [-0.15, -0.1) is 0 Å². The Hall–Kier alpha value is -1.37. The minimum Gasteiger partial charge on any atom is -0.496 e. The van der Waals surface area contributed by atoms with E-state index in [0.29, 0.717) is 6.54 Å². The third kappa shape index (κ3) is 5.33. The van der Waals surface area contributed by atoms with Crippen LogP contribution in [0.15, 0.2) is 28.7 Å². The molecule has 5 nitrogen and oxygen atoms in total. The third-order valence-corrected chi connectivity index (χ3v) is 4.86. The lowest BCUT2D eigenvalue weighted by Crippen LogP contribution is -3.22. The summed E-state index contributed by atoms with van der Waals surface area (Å²) in [6, 6.07) is 5.70. The molecule has 0 aromatic heterocycles. The summed E-state index contributed by atoms with van der Waals surface area (Å²) in [6.45, 7) is 8.51. The Morgan fingerprint density at radius 3 is 2.79 bits per heavy atom. The van der Waals surface area contributed by atoms with Crippen molar-refractivity contribution >= 4 is 27.9 Å². The Labute approximate surface area is 152 Å². The average molecular weight is 398 g/mol. The van der Waals surface area contributed by atoms with E-state index in [1.165, 1.54) is 4.90 Å². The molecule has 1 heterocycles. The number of quaternary nitrogens is 1. The molecule has 0 unspecified atom stereocenters. The van der Waals surface area contributed by atoms with E-state index in [1.807, 2.05) is 18.2 Å². The first kappa shape index (κ1) is 19.0. The van der Waals surface area contributed by atoms with Crippen LogP contribution in [0.5, 0.6) is 5.75 Å². The number of nitrogens with one attached hydrogen (secondary N) is 2. The Morgan fingerprint density at radius 1 is 1.42 bits per heavy atom. The Morgan fingerprint density at radius 2 is 2.12 bits per heavy atom. The lowest BCUT2D eigenvalue weighted by Gasteiger charge is -2.37. The van der Waals surface area contributed by atoms with Gasteiger partial charge in [0.15, 0.2) is 0 Å². The number of hydrogen-bond acceptors (Lipinski definition) is 3. The Kier molecular flexibility index (Phi) is 6.83. The molecule has 0 aliphatic carbocycles. The minimum atomic E-state index is -0.0993. The van der Waals surface area contributed by atoms with E-state index >= 15 is 0 Å². The van der Waals surface area contributed by atoms with Gasteiger partial charge in [0.2, 0.25) is 5.91 Å². The van der Waals surface area contributed by atoms with Gasteiger partial charge in [-0.2, -0.15) is 0 Å². The molecular weight excluding hydrogens is 372 g/mol. The zero-order chi connectivity index (χ0) is 17.6. The van der Waals surface area contributed by atoms with Gasteiger partial charge in [0.25, 0.3) is 0 Å². The molecule has 0 atom stereocenters. The number of morpholine rings is 1. The van der Waals surface area contributed by atoms with Crippen LogP contribution in [0.3, 0.4) is 0 Å². The molecule has 2 N–H and O–H groups in total. The first-order valence-corrected chi connectivity index (χ1v) is 8.94. The van der Waals surface area contributed by atoms with Crippen LogP contribution in [-0.4, -0.2) is 51.4 Å². The molecule has 0 spiro atoms. The molecule has 1 fully saturated rings. The van der Waals surface area contributed by atoms with Gasteiger partial charge in [0, 0.05) is 16.1 Å². The van der Waals surface area contributed by atoms with Crippen LogP contribution in [0.2, 0.25) is 0 Å². The summed E-state index contributed by atoms with van der Waals surface area (Å²) in [5, 5.41) is 3.00. The van der Waals surface area contributed by atoms with E-state index in [1.54, 1.807) is 19.3 Å². The number of carbonyl (C=O) groups excluding carboxylic acids is 1. The molecule has 1 amide bonds. The van der Waals surface area contributed by atoms with Crippen molar-refractivity contribution in [3.63, 3.8) is 0 Å². The molecule has 1 aromatic carbocycles. The van der Waals surface area contributed by atoms with E-state index in [4.69, 9.17) is 9.47 Å². The molecular formula is C18H26BrN2O3+. The quantitative estimate of drug-likeness (QED) is 0.710. The van der Waals surface area contributed by atoms with Crippen molar-refractivity contribution in [2.24, 2.45) is 0 Å². The highest BCUT2D eigenvalue weighted by Gasteiger charge is 2.32. The first-order valence-electron chi connectivity index (χ1n) is 8.15. The van der Waals surface area contributed by atoms with E-state index in [9.17, 15) is 4.79 Å². The van der Waals surface area contributed by atoms with Crippen LogP contribution in [0.25, 0.3) is 6.08 Å². The smallest absolute Gasteiger partial charge is 0.244 e. The van der Waals surface area contributed by atoms with Gasteiger partial charge in [-0.1, -0.05) is 15.9 Å². The molecule has 1 aliphatic rings. The maximum absolute atomic E-state index is 12.1. The van der Waals surface area contributed by atoms with Crippen LogP contribution in [0, 0.1) is 0 Å². The van der Waals surface area contributed by atoms with Crippen molar-refractivity contribution < 1.29 is 19.2 Å². The van der Waals surface area contributed by atoms with Crippen LogP contribution < -0.4 is 15.0 Å². The summed E-state index contributed by atoms with van der Waals surface area (Å²) in [4.78, 5) is 13.6. The van der Waals surface area contributed by atoms with Gasteiger partial charge in [0.1, 0.15) is 24.4 Å². The molecule has 0 saturated carbocycles. The fraction of sp³-hybridized carbons (Fsp3) is 0.500. The lowest BCUT2D eigenvalue weighted by atomic mass is 10.0. The summed E-state index contributed by atoms with van der Waals surface area (Å²) in [5.41, 5.74) is 0.848. The van der Waals surface area contributed by atoms with Crippen molar-refractivity contribution in [1.29, 1.82) is 0 Å². The summed E-state index contributed by atoms with van der Waals surface area (Å²) in [6.07, 6.45) is 3.32. The molecule has 0 bridgehead atoms. The van der Waals surface area contributed by atoms with Crippen molar-refractivity contribution in [3.05, 3.63) is 34.3 Å². The third-order valence-electron chi connectivity index (χ3n) is 4.36. The summed E-state index contributed by atoms with van der Waals surface area (Å²) >= 11 is 3.43. The number of hydrogen-bond donors (Lipinski definition) is 2. The SMILES string of the molecule is COc1ccc(Br)cc1/C=C/C(=O)NCC(C)(C)[NH+]1CCOCC1. The second-order valence-electron chi connectivity index (χ2n) is 6.54. The molecule has 1 aliphatic heterocycles. The number of methoxy groups -OCH3 is 1. The fourth-order valence-electron chi connectivity index (χ4n) is 2.79. The Balaban J connectivity index is 1.92. The van der Waals surface area contributed by atoms with Crippen molar-refractivity contribution in [2.75, 3.05) is 40.0 Å². The van der Waals surface area contributed by atoms with Gasteiger partial charge in [-0.05, 0) is 38.1 Å². The van der Waals surface area contributed by atoms with Crippen molar-refractivity contribution in [3.8, 4) is 5.75 Å². The van der Waals surface area contributed by atoms with Gasteiger partial charge in [-0.3, -0.25) is 4.79 Å². The highest BCUT2D eigenvalue weighted by atomic mass is 79.9. The van der Waals surface area contributed by atoms with E-state index in [-0.39, 0.29) is 11.4 Å². The summed E-state index contributed by atoms with van der Waals surface area (Å²) in [7, 11) is 1.62. The number of halogens is 1. The molecule has 0 radical (unpaired) electrons. The van der Waals surface area contributed by atoms with Gasteiger partial charge >= 0.3 is 0 Å². The maximum Gasteiger partial charge on any atom is 0.244 e. The highest BCUT2D eigenvalue weighted by Crippen LogP contribution is 2.23. The van der Waals surface area contributed by atoms with Crippen LogP contribution >= 0.6 is 15.9 Å². The second kappa shape index (κ2) is 8.65. The predicted octanol–water partition coefficient (Wildman–Crippen LogP) is 1.28. The monoisotopic (exact) mass is 397 g/mol.